The van der Waals surface area contributed by atoms with Crippen molar-refractivity contribution in [2.75, 3.05) is 33.8 Å². The third kappa shape index (κ3) is 3.93. The summed E-state index contributed by atoms with van der Waals surface area (Å²) < 4.78 is 5.19. The van der Waals surface area contributed by atoms with Crippen LogP contribution in [-0.2, 0) is 4.74 Å². The van der Waals surface area contributed by atoms with Gasteiger partial charge in [-0.15, -0.1) is 0 Å². The number of rotatable bonds is 4. The van der Waals surface area contributed by atoms with E-state index in [1.807, 2.05) is 25.2 Å². The standard InChI is InChI=1S/C14H24N2O/c1-6-14(17-5)8-7-12(2)16-10-9-15(4)11-13(16)3/h6-8,13H,2,9-11H2,1,3-5H3/b8-7-,14-6+. The minimum absolute atomic E-state index is 0.516. The van der Waals surface area contributed by atoms with Gasteiger partial charge in [-0.1, -0.05) is 6.58 Å². The molecule has 0 amide bonds. The normalized spacial score (nSPS) is 23.2. The molecule has 1 rings (SSSR count). The van der Waals surface area contributed by atoms with E-state index in [1.54, 1.807) is 7.11 Å². The highest BCUT2D eigenvalue weighted by Gasteiger charge is 2.21. The van der Waals surface area contributed by atoms with Gasteiger partial charge in [-0.05, 0) is 39.1 Å². The lowest BCUT2D eigenvalue weighted by Gasteiger charge is -2.40. The van der Waals surface area contributed by atoms with Crippen molar-refractivity contribution in [1.82, 2.24) is 9.80 Å². The molecule has 0 saturated carbocycles. The van der Waals surface area contributed by atoms with Gasteiger partial charge in [0.2, 0.25) is 0 Å². The number of piperazine rings is 1. The molecule has 0 bridgehead atoms. The minimum atomic E-state index is 0.516. The van der Waals surface area contributed by atoms with Crippen LogP contribution in [0.15, 0.2) is 36.3 Å². The molecule has 0 aromatic heterocycles. The molecule has 0 aliphatic carbocycles. The van der Waals surface area contributed by atoms with Gasteiger partial charge in [0.05, 0.1) is 7.11 Å². The van der Waals surface area contributed by atoms with E-state index in [0.29, 0.717) is 6.04 Å². The average molecular weight is 236 g/mol. The molecule has 1 heterocycles. The first-order valence-electron chi connectivity index (χ1n) is 6.11. The van der Waals surface area contributed by atoms with E-state index in [0.717, 1.165) is 31.1 Å². The number of hydrogen-bond donors (Lipinski definition) is 0. The summed E-state index contributed by atoms with van der Waals surface area (Å²) in [6.07, 6.45) is 5.94. The van der Waals surface area contributed by atoms with Gasteiger partial charge in [0.1, 0.15) is 5.76 Å². The molecule has 0 spiro atoms. The second-order valence-electron chi connectivity index (χ2n) is 4.52. The van der Waals surface area contributed by atoms with Crippen LogP contribution in [0.25, 0.3) is 0 Å². The topological polar surface area (TPSA) is 15.7 Å². The summed E-state index contributed by atoms with van der Waals surface area (Å²) in [6.45, 7) is 11.6. The van der Waals surface area contributed by atoms with Crippen LogP contribution < -0.4 is 0 Å². The lowest BCUT2D eigenvalue weighted by molar-refractivity contribution is 0.136. The molecule has 1 unspecified atom stereocenters. The van der Waals surface area contributed by atoms with Gasteiger partial charge < -0.3 is 14.5 Å². The number of ether oxygens (including phenoxy) is 1. The van der Waals surface area contributed by atoms with Crippen molar-refractivity contribution in [3.8, 4) is 0 Å². The number of methoxy groups -OCH3 is 1. The summed E-state index contributed by atoms with van der Waals surface area (Å²) in [5.41, 5.74) is 1.06. The highest BCUT2D eigenvalue weighted by atomic mass is 16.5. The lowest BCUT2D eigenvalue weighted by atomic mass is 10.1. The molecule has 0 N–H and O–H groups in total. The predicted molar refractivity (Wildman–Crippen MR) is 72.7 cm³/mol. The van der Waals surface area contributed by atoms with E-state index in [4.69, 9.17) is 4.74 Å². The number of likely N-dealkylation sites (N-methyl/N-ethyl adjacent to an activating group) is 1. The molecule has 1 aliphatic rings. The van der Waals surface area contributed by atoms with Crippen molar-refractivity contribution in [2.45, 2.75) is 19.9 Å². The largest absolute Gasteiger partial charge is 0.497 e. The second kappa shape index (κ2) is 6.50. The molecular formula is C14H24N2O. The fourth-order valence-electron chi connectivity index (χ4n) is 2.12. The molecule has 3 nitrogen and oxygen atoms in total. The van der Waals surface area contributed by atoms with Gasteiger partial charge in [-0.3, -0.25) is 0 Å². The number of hydrogen-bond acceptors (Lipinski definition) is 3. The van der Waals surface area contributed by atoms with Crippen LogP contribution in [0.5, 0.6) is 0 Å². The van der Waals surface area contributed by atoms with Gasteiger partial charge in [-0.2, -0.15) is 0 Å². The van der Waals surface area contributed by atoms with E-state index < -0.39 is 0 Å². The Morgan fingerprint density at radius 2 is 2.06 bits per heavy atom. The Hall–Kier alpha value is -1.22. The Labute approximate surface area is 105 Å². The van der Waals surface area contributed by atoms with Crippen LogP contribution in [0.1, 0.15) is 13.8 Å². The summed E-state index contributed by atoms with van der Waals surface area (Å²) in [5, 5.41) is 0. The molecule has 1 aliphatic heterocycles. The first-order chi connectivity index (χ1) is 8.08. The van der Waals surface area contributed by atoms with Gasteiger partial charge in [0.15, 0.2) is 0 Å². The molecule has 0 aromatic carbocycles. The summed E-state index contributed by atoms with van der Waals surface area (Å²) in [4.78, 5) is 4.70. The van der Waals surface area contributed by atoms with Crippen molar-refractivity contribution in [2.24, 2.45) is 0 Å². The van der Waals surface area contributed by atoms with Crippen LogP contribution in [0.2, 0.25) is 0 Å². The molecule has 0 radical (unpaired) electrons. The Kier molecular flexibility index (Phi) is 5.29. The molecule has 3 heteroatoms. The minimum Gasteiger partial charge on any atom is -0.497 e. The zero-order valence-electron chi connectivity index (χ0n) is 11.4. The van der Waals surface area contributed by atoms with Gasteiger partial charge in [0.25, 0.3) is 0 Å². The first-order valence-corrected chi connectivity index (χ1v) is 6.11. The maximum absolute atomic E-state index is 5.19. The average Bonchev–Trinajstić information content (AvgIpc) is 2.30. The Morgan fingerprint density at radius 1 is 1.35 bits per heavy atom. The number of allylic oxidation sites excluding steroid dienone is 3. The molecule has 1 fully saturated rings. The molecular weight excluding hydrogens is 212 g/mol. The second-order valence-corrected chi connectivity index (χ2v) is 4.52. The summed E-state index contributed by atoms with van der Waals surface area (Å²) in [7, 11) is 3.84. The fourth-order valence-corrected chi connectivity index (χ4v) is 2.12. The van der Waals surface area contributed by atoms with Crippen LogP contribution in [0.4, 0.5) is 0 Å². The lowest BCUT2D eigenvalue weighted by Crippen LogP contribution is -2.49. The summed E-state index contributed by atoms with van der Waals surface area (Å²) >= 11 is 0. The Morgan fingerprint density at radius 3 is 2.59 bits per heavy atom. The molecule has 96 valence electrons. The van der Waals surface area contributed by atoms with E-state index in [1.165, 1.54) is 0 Å². The van der Waals surface area contributed by atoms with Crippen molar-refractivity contribution in [3.05, 3.63) is 36.3 Å². The third-order valence-electron chi connectivity index (χ3n) is 3.16. The number of nitrogens with zero attached hydrogens (tertiary/aromatic N) is 2. The molecule has 1 atom stereocenters. The van der Waals surface area contributed by atoms with Gasteiger partial charge in [-0.25, -0.2) is 0 Å². The smallest absolute Gasteiger partial charge is 0.114 e. The Bertz CT molecular complexity index is 320. The van der Waals surface area contributed by atoms with E-state index in [2.05, 4.69) is 30.4 Å². The zero-order chi connectivity index (χ0) is 12.8. The maximum atomic E-state index is 5.19. The van der Waals surface area contributed by atoms with E-state index in [-0.39, 0.29) is 0 Å². The molecule has 1 saturated heterocycles. The zero-order valence-corrected chi connectivity index (χ0v) is 11.4. The summed E-state index contributed by atoms with van der Waals surface area (Å²) in [6, 6.07) is 0.516. The van der Waals surface area contributed by atoms with Gasteiger partial charge in [0, 0.05) is 31.4 Å². The van der Waals surface area contributed by atoms with Gasteiger partial charge >= 0.3 is 0 Å². The Balaban J connectivity index is 2.58. The van der Waals surface area contributed by atoms with E-state index in [9.17, 15) is 0 Å². The maximum Gasteiger partial charge on any atom is 0.114 e. The van der Waals surface area contributed by atoms with Crippen molar-refractivity contribution >= 4 is 0 Å². The summed E-state index contributed by atoms with van der Waals surface area (Å²) in [5.74, 6) is 0.868. The van der Waals surface area contributed by atoms with Crippen molar-refractivity contribution in [3.63, 3.8) is 0 Å². The van der Waals surface area contributed by atoms with Crippen LogP contribution >= 0.6 is 0 Å². The fraction of sp³-hybridized carbons (Fsp3) is 0.571. The van der Waals surface area contributed by atoms with Crippen molar-refractivity contribution < 1.29 is 4.74 Å². The SMILES string of the molecule is C=C(/C=C\C(=C/C)OC)N1CCN(C)CC1C. The van der Waals surface area contributed by atoms with Crippen LogP contribution in [0, 0.1) is 0 Å². The van der Waals surface area contributed by atoms with Crippen LogP contribution in [0.3, 0.4) is 0 Å². The third-order valence-corrected chi connectivity index (χ3v) is 3.16. The highest BCUT2D eigenvalue weighted by Crippen LogP contribution is 2.15. The monoisotopic (exact) mass is 236 g/mol. The molecule has 0 aromatic rings. The molecule has 17 heavy (non-hydrogen) atoms. The van der Waals surface area contributed by atoms with E-state index >= 15 is 0 Å². The predicted octanol–water partition coefficient (Wildman–Crippen LogP) is 2.24. The van der Waals surface area contributed by atoms with Crippen LogP contribution in [-0.4, -0.2) is 49.6 Å². The van der Waals surface area contributed by atoms with Crippen molar-refractivity contribution in [1.29, 1.82) is 0 Å². The first kappa shape index (κ1) is 13.8. The quantitative estimate of drug-likeness (QED) is 0.550. The highest BCUT2D eigenvalue weighted by molar-refractivity contribution is 5.22.